The van der Waals surface area contributed by atoms with Gasteiger partial charge in [-0.3, -0.25) is 14.9 Å². The number of rotatable bonds is 5. The van der Waals surface area contributed by atoms with Gasteiger partial charge in [-0.1, -0.05) is 18.9 Å². The van der Waals surface area contributed by atoms with Crippen LogP contribution in [-0.4, -0.2) is 29.1 Å². The van der Waals surface area contributed by atoms with Crippen molar-refractivity contribution >= 4 is 11.6 Å². The zero-order chi connectivity index (χ0) is 15.5. The molecule has 6 nitrogen and oxygen atoms in total. The van der Waals surface area contributed by atoms with Gasteiger partial charge in [0.15, 0.2) is 0 Å². The topological polar surface area (TPSA) is 92.5 Å². The summed E-state index contributed by atoms with van der Waals surface area (Å²) in [6.45, 7) is 2.17. The minimum absolute atomic E-state index is 0.0309. The van der Waals surface area contributed by atoms with Crippen LogP contribution in [-0.2, 0) is 0 Å². The number of carbonyl (C=O) groups is 1. The van der Waals surface area contributed by atoms with E-state index in [0.29, 0.717) is 6.54 Å². The molecule has 1 amide bonds. The Morgan fingerprint density at radius 1 is 1.43 bits per heavy atom. The summed E-state index contributed by atoms with van der Waals surface area (Å²) >= 11 is 0. The van der Waals surface area contributed by atoms with Crippen LogP contribution in [0.3, 0.4) is 0 Å². The number of aryl methyl sites for hydroxylation is 1. The Labute approximate surface area is 123 Å². The zero-order valence-electron chi connectivity index (χ0n) is 12.1. The van der Waals surface area contributed by atoms with Crippen molar-refractivity contribution in [3.05, 3.63) is 39.4 Å². The lowest BCUT2D eigenvalue weighted by molar-refractivity contribution is -0.385. The lowest BCUT2D eigenvalue weighted by Crippen LogP contribution is -2.38. The maximum atomic E-state index is 12.2. The molecule has 0 bridgehead atoms. The number of hydrogen-bond acceptors (Lipinski definition) is 4. The molecule has 21 heavy (non-hydrogen) atoms. The fourth-order valence-corrected chi connectivity index (χ4v) is 2.87. The molecule has 2 rings (SSSR count). The highest BCUT2D eigenvalue weighted by Gasteiger charge is 2.34. The molecule has 1 saturated carbocycles. The second-order valence-electron chi connectivity index (χ2n) is 5.83. The number of nitro benzene ring substituents is 1. The van der Waals surface area contributed by atoms with E-state index in [1.54, 1.807) is 13.0 Å². The van der Waals surface area contributed by atoms with E-state index >= 15 is 0 Å². The van der Waals surface area contributed by atoms with Crippen LogP contribution >= 0.6 is 0 Å². The van der Waals surface area contributed by atoms with Crippen LogP contribution in [0.2, 0.25) is 0 Å². The Morgan fingerprint density at radius 2 is 2.10 bits per heavy atom. The molecule has 2 N–H and O–H groups in total. The van der Waals surface area contributed by atoms with Crippen LogP contribution in [0.1, 0.15) is 41.6 Å². The number of aliphatic hydroxyl groups excluding tert-OH is 1. The number of hydrogen-bond donors (Lipinski definition) is 2. The van der Waals surface area contributed by atoms with Gasteiger partial charge in [-0.05, 0) is 31.4 Å². The predicted octanol–water partition coefficient (Wildman–Crippen LogP) is 2.19. The van der Waals surface area contributed by atoms with Gasteiger partial charge in [0, 0.05) is 18.0 Å². The van der Waals surface area contributed by atoms with Gasteiger partial charge < -0.3 is 10.4 Å². The molecule has 1 aliphatic carbocycles. The van der Waals surface area contributed by atoms with E-state index in [-0.39, 0.29) is 23.3 Å². The molecule has 6 heteroatoms. The van der Waals surface area contributed by atoms with Crippen LogP contribution in [0.5, 0.6) is 0 Å². The number of benzene rings is 1. The molecule has 1 aliphatic rings. The van der Waals surface area contributed by atoms with E-state index in [1.807, 2.05) is 0 Å². The van der Waals surface area contributed by atoms with E-state index < -0.39 is 10.8 Å². The summed E-state index contributed by atoms with van der Waals surface area (Å²) in [5.41, 5.74) is 0.408. The molecule has 0 heterocycles. The number of nitro groups is 1. The summed E-state index contributed by atoms with van der Waals surface area (Å²) in [5, 5.41) is 23.3. The lowest BCUT2D eigenvalue weighted by atomic mass is 9.87. The number of nitrogens with one attached hydrogen (secondary N) is 1. The Bertz CT molecular complexity index is 551. The van der Waals surface area contributed by atoms with Crippen LogP contribution < -0.4 is 5.32 Å². The van der Waals surface area contributed by atoms with Gasteiger partial charge in [0.2, 0.25) is 0 Å². The van der Waals surface area contributed by atoms with Crippen LogP contribution in [0, 0.1) is 22.5 Å². The maximum absolute atomic E-state index is 12.2. The fourth-order valence-electron chi connectivity index (χ4n) is 2.87. The molecule has 0 atom stereocenters. The quantitative estimate of drug-likeness (QED) is 0.642. The molecule has 0 saturated heterocycles. The summed E-state index contributed by atoms with van der Waals surface area (Å²) in [5.74, 6) is -0.454. The Morgan fingerprint density at radius 3 is 2.67 bits per heavy atom. The molecular formula is C15H20N2O4. The molecule has 0 radical (unpaired) electrons. The first-order chi connectivity index (χ1) is 9.97. The van der Waals surface area contributed by atoms with Gasteiger partial charge in [0.05, 0.1) is 11.5 Å². The third-order valence-corrected chi connectivity index (χ3v) is 4.22. The lowest BCUT2D eigenvalue weighted by Gasteiger charge is -2.26. The molecular weight excluding hydrogens is 272 g/mol. The van der Waals surface area contributed by atoms with Crippen LogP contribution in [0.15, 0.2) is 18.2 Å². The fraction of sp³-hybridized carbons (Fsp3) is 0.533. The number of nitrogens with zero attached hydrogens (tertiary/aromatic N) is 1. The van der Waals surface area contributed by atoms with Crippen molar-refractivity contribution in [3.63, 3.8) is 0 Å². The highest BCUT2D eigenvalue weighted by atomic mass is 16.6. The third-order valence-electron chi connectivity index (χ3n) is 4.22. The first-order valence-electron chi connectivity index (χ1n) is 7.11. The molecule has 0 aliphatic heterocycles. The molecule has 114 valence electrons. The SMILES string of the molecule is Cc1ccc([N+](=O)[O-])c(C(=O)NCC2(CO)CCCC2)c1. The average molecular weight is 292 g/mol. The number of aliphatic hydroxyl groups is 1. The van der Waals surface area contributed by atoms with E-state index in [2.05, 4.69) is 5.32 Å². The summed E-state index contributed by atoms with van der Waals surface area (Å²) < 4.78 is 0. The first kappa shape index (κ1) is 15.4. The van der Waals surface area contributed by atoms with Crippen molar-refractivity contribution < 1.29 is 14.8 Å². The van der Waals surface area contributed by atoms with E-state index in [1.165, 1.54) is 12.1 Å². The normalized spacial score (nSPS) is 16.7. The van der Waals surface area contributed by atoms with Crippen molar-refractivity contribution in [3.8, 4) is 0 Å². The molecule has 0 unspecified atom stereocenters. The van der Waals surface area contributed by atoms with Crippen LogP contribution in [0.25, 0.3) is 0 Å². The molecule has 1 aromatic carbocycles. The van der Waals surface area contributed by atoms with Crippen molar-refractivity contribution in [1.82, 2.24) is 5.32 Å². The van der Waals surface area contributed by atoms with E-state index in [0.717, 1.165) is 31.2 Å². The molecule has 1 fully saturated rings. The Kier molecular flexibility index (Phi) is 4.57. The number of carbonyl (C=O) groups excluding carboxylic acids is 1. The average Bonchev–Trinajstić information content (AvgIpc) is 2.94. The van der Waals surface area contributed by atoms with Gasteiger partial charge in [-0.15, -0.1) is 0 Å². The van der Waals surface area contributed by atoms with E-state index in [9.17, 15) is 20.0 Å². The highest BCUT2D eigenvalue weighted by molar-refractivity contribution is 5.98. The van der Waals surface area contributed by atoms with Gasteiger partial charge in [-0.2, -0.15) is 0 Å². The Balaban J connectivity index is 2.13. The predicted molar refractivity (Wildman–Crippen MR) is 78.2 cm³/mol. The Hall–Kier alpha value is -1.95. The van der Waals surface area contributed by atoms with Gasteiger partial charge in [-0.25, -0.2) is 0 Å². The van der Waals surface area contributed by atoms with Gasteiger partial charge in [0.25, 0.3) is 11.6 Å². The minimum Gasteiger partial charge on any atom is -0.396 e. The van der Waals surface area contributed by atoms with Crippen molar-refractivity contribution in [1.29, 1.82) is 0 Å². The summed E-state index contributed by atoms with van der Waals surface area (Å²) in [6.07, 6.45) is 3.83. The summed E-state index contributed by atoms with van der Waals surface area (Å²) in [4.78, 5) is 22.7. The summed E-state index contributed by atoms with van der Waals surface area (Å²) in [6, 6.07) is 4.48. The third kappa shape index (κ3) is 3.39. The van der Waals surface area contributed by atoms with Crippen molar-refractivity contribution in [2.24, 2.45) is 5.41 Å². The largest absolute Gasteiger partial charge is 0.396 e. The van der Waals surface area contributed by atoms with Gasteiger partial charge >= 0.3 is 0 Å². The minimum atomic E-state index is -0.550. The van der Waals surface area contributed by atoms with Crippen LogP contribution in [0.4, 0.5) is 5.69 Å². The molecule has 0 aromatic heterocycles. The monoisotopic (exact) mass is 292 g/mol. The zero-order valence-corrected chi connectivity index (χ0v) is 12.1. The second kappa shape index (κ2) is 6.22. The number of amides is 1. The van der Waals surface area contributed by atoms with E-state index in [4.69, 9.17) is 0 Å². The van der Waals surface area contributed by atoms with Crippen molar-refractivity contribution in [2.45, 2.75) is 32.6 Å². The first-order valence-corrected chi connectivity index (χ1v) is 7.11. The standard InChI is InChI=1S/C15H20N2O4/c1-11-4-5-13(17(20)21)12(8-11)14(19)16-9-15(10-18)6-2-3-7-15/h4-5,8,18H,2-3,6-7,9-10H2,1H3,(H,16,19). The van der Waals surface area contributed by atoms with Crippen molar-refractivity contribution in [2.75, 3.05) is 13.2 Å². The smallest absolute Gasteiger partial charge is 0.282 e. The summed E-state index contributed by atoms with van der Waals surface area (Å²) in [7, 11) is 0. The molecule has 0 spiro atoms. The van der Waals surface area contributed by atoms with Gasteiger partial charge in [0.1, 0.15) is 5.56 Å². The second-order valence-corrected chi connectivity index (χ2v) is 5.83. The highest BCUT2D eigenvalue weighted by Crippen LogP contribution is 2.37. The molecule has 1 aromatic rings. The maximum Gasteiger partial charge on any atom is 0.282 e.